The van der Waals surface area contributed by atoms with Crippen LogP contribution in [0.25, 0.3) is 0 Å². The van der Waals surface area contributed by atoms with Crippen LogP contribution in [0.1, 0.15) is 39.8 Å². The Hall–Kier alpha value is -3.81. The van der Waals surface area contributed by atoms with Crippen molar-refractivity contribution in [2.45, 2.75) is 18.9 Å². The van der Waals surface area contributed by atoms with Gasteiger partial charge < -0.3 is 24.7 Å². The van der Waals surface area contributed by atoms with Crippen LogP contribution < -0.4 is 20.1 Å². The highest BCUT2D eigenvalue weighted by Gasteiger charge is 2.24. The van der Waals surface area contributed by atoms with E-state index >= 15 is 0 Å². The number of aryl methyl sites for hydroxylation is 2. The zero-order chi connectivity index (χ0) is 22.0. The van der Waals surface area contributed by atoms with Crippen molar-refractivity contribution >= 4 is 17.5 Å². The summed E-state index contributed by atoms with van der Waals surface area (Å²) < 4.78 is 12.7. The third-order valence-electron chi connectivity index (χ3n) is 5.36. The molecule has 2 aromatic carbocycles. The second-order valence-corrected chi connectivity index (χ2v) is 7.37. The number of nitrogens with zero attached hydrogens (tertiary/aromatic N) is 2. The van der Waals surface area contributed by atoms with Gasteiger partial charge in [-0.2, -0.15) is 0 Å². The summed E-state index contributed by atoms with van der Waals surface area (Å²) in [5.74, 6) is 1.66. The third-order valence-corrected chi connectivity index (χ3v) is 5.36. The van der Waals surface area contributed by atoms with Crippen molar-refractivity contribution in [2.75, 3.05) is 19.5 Å². The number of carbonyl (C=O) groups is 2. The van der Waals surface area contributed by atoms with Gasteiger partial charge in [-0.05, 0) is 47.9 Å². The summed E-state index contributed by atoms with van der Waals surface area (Å²) in [6.07, 6.45) is 4.54. The van der Waals surface area contributed by atoms with Gasteiger partial charge in [0.2, 0.25) is 5.91 Å². The number of methoxy groups -OCH3 is 2. The second kappa shape index (κ2) is 8.51. The van der Waals surface area contributed by atoms with Crippen LogP contribution in [-0.2, 0) is 18.3 Å². The average molecular weight is 420 g/mol. The van der Waals surface area contributed by atoms with Gasteiger partial charge in [0.25, 0.3) is 5.91 Å². The monoisotopic (exact) mass is 420 g/mol. The molecule has 0 saturated heterocycles. The van der Waals surface area contributed by atoms with Gasteiger partial charge in [0.05, 0.1) is 14.2 Å². The standard InChI is InChI=1S/C23H24N4O4/c1-27-9-8-24-22(27)21(16-11-17(30-2)13-18(12-16)31-3)26-23(29)15-4-6-19-14(10-15)5-7-20(28)25-19/h4,6,8-13,21H,5,7H2,1-3H3,(H,25,28)(H,26,29)/t21-/m0/s1. The predicted molar refractivity (Wildman–Crippen MR) is 115 cm³/mol. The summed E-state index contributed by atoms with van der Waals surface area (Å²) in [5.41, 5.74) is 3.00. The smallest absolute Gasteiger partial charge is 0.252 e. The summed E-state index contributed by atoms with van der Waals surface area (Å²) in [6.45, 7) is 0. The molecule has 1 atom stereocenters. The van der Waals surface area contributed by atoms with E-state index in [1.54, 1.807) is 38.6 Å². The predicted octanol–water partition coefficient (Wildman–Crippen LogP) is 2.84. The molecule has 4 rings (SSSR count). The number of benzene rings is 2. The molecule has 3 aromatic rings. The Morgan fingerprint density at radius 3 is 2.52 bits per heavy atom. The van der Waals surface area contributed by atoms with E-state index in [2.05, 4.69) is 15.6 Å². The molecule has 0 unspecified atom stereocenters. The lowest BCUT2D eigenvalue weighted by molar-refractivity contribution is -0.116. The number of aromatic nitrogens is 2. The van der Waals surface area contributed by atoms with Crippen molar-refractivity contribution in [1.82, 2.24) is 14.9 Å². The molecule has 8 heteroatoms. The Bertz CT molecular complexity index is 1120. The highest BCUT2D eigenvalue weighted by Crippen LogP contribution is 2.30. The van der Waals surface area contributed by atoms with Gasteiger partial charge in [-0.15, -0.1) is 0 Å². The summed E-state index contributed by atoms with van der Waals surface area (Å²) in [7, 11) is 5.04. The van der Waals surface area contributed by atoms with Crippen molar-refractivity contribution in [1.29, 1.82) is 0 Å². The van der Waals surface area contributed by atoms with Gasteiger partial charge in [0.1, 0.15) is 23.4 Å². The van der Waals surface area contributed by atoms with E-state index in [4.69, 9.17) is 9.47 Å². The zero-order valence-corrected chi connectivity index (χ0v) is 17.6. The van der Waals surface area contributed by atoms with Crippen LogP contribution in [0.4, 0.5) is 5.69 Å². The topological polar surface area (TPSA) is 94.5 Å². The number of rotatable bonds is 6. The summed E-state index contributed by atoms with van der Waals surface area (Å²) in [5, 5.41) is 5.93. The molecule has 1 aromatic heterocycles. The minimum atomic E-state index is -0.521. The number of imidazole rings is 1. The Morgan fingerprint density at radius 1 is 1.13 bits per heavy atom. The Labute approximate surface area is 180 Å². The van der Waals surface area contributed by atoms with Crippen molar-refractivity contribution in [3.63, 3.8) is 0 Å². The third kappa shape index (κ3) is 4.23. The van der Waals surface area contributed by atoms with Gasteiger partial charge in [0, 0.05) is 43.2 Å². The van der Waals surface area contributed by atoms with Crippen molar-refractivity contribution < 1.29 is 19.1 Å². The van der Waals surface area contributed by atoms with Crippen LogP contribution >= 0.6 is 0 Å². The van der Waals surface area contributed by atoms with Gasteiger partial charge in [-0.1, -0.05) is 0 Å². The first kappa shape index (κ1) is 20.5. The highest BCUT2D eigenvalue weighted by molar-refractivity contribution is 5.98. The lowest BCUT2D eigenvalue weighted by Crippen LogP contribution is -2.31. The first-order valence-electron chi connectivity index (χ1n) is 9.92. The molecule has 1 aliphatic heterocycles. The lowest BCUT2D eigenvalue weighted by Gasteiger charge is -2.21. The fourth-order valence-electron chi connectivity index (χ4n) is 3.69. The molecule has 2 N–H and O–H groups in total. The van der Waals surface area contributed by atoms with E-state index in [1.165, 1.54) is 0 Å². The van der Waals surface area contributed by atoms with E-state index in [0.717, 1.165) is 16.8 Å². The van der Waals surface area contributed by atoms with Crippen molar-refractivity contribution in [2.24, 2.45) is 7.05 Å². The zero-order valence-electron chi connectivity index (χ0n) is 17.6. The maximum absolute atomic E-state index is 13.2. The number of carbonyl (C=O) groups excluding carboxylic acids is 2. The van der Waals surface area contributed by atoms with E-state index in [1.807, 2.05) is 36.0 Å². The maximum atomic E-state index is 13.2. The number of hydrogen-bond acceptors (Lipinski definition) is 5. The molecule has 1 aliphatic rings. The maximum Gasteiger partial charge on any atom is 0.252 e. The second-order valence-electron chi connectivity index (χ2n) is 7.37. The van der Waals surface area contributed by atoms with Crippen LogP contribution in [0.5, 0.6) is 11.5 Å². The molecule has 31 heavy (non-hydrogen) atoms. The minimum absolute atomic E-state index is 0.00785. The van der Waals surface area contributed by atoms with E-state index in [9.17, 15) is 9.59 Å². The first-order valence-corrected chi connectivity index (χ1v) is 9.92. The number of anilines is 1. The SMILES string of the molecule is COc1cc(OC)cc([C@H](NC(=O)c2ccc3c(c2)CCC(=O)N3)c2nccn2C)c1. The Balaban J connectivity index is 1.69. The number of ether oxygens (including phenoxy) is 2. The number of hydrogen-bond donors (Lipinski definition) is 2. The minimum Gasteiger partial charge on any atom is -0.497 e. The number of nitrogens with one attached hydrogen (secondary N) is 2. The molecule has 0 saturated carbocycles. The van der Waals surface area contributed by atoms with Gasteiger partial charge in [0.15, 0.2) is 0 Å². The summed E-state index contributed by atoms with van der Waals surface area (Å²) >= 11 is 0. The normalized spacial score (nSPS) is 13.7. The molecular formula is C23H24N4O4. The van der Waals surface area contributed by atoms with Crippen molar-refractivity contribution in [3.05, 3.63) is 71.3 Å². The first-order chi connectivity index (χ1) is 15.0. The van der Waals surface area contributed by atoms with E-state index in [0.29, 0.717) is 35.7 Å². The lowest BCUT2D eigenvalue weighted by atomic mass is 9.99. The van der Waals surface area contributed by atoms with Gasteiger partial charge in [-0.3, -0.25) is 9.59 Å². The Kier molecular flexibility index (Phi) is 5.62. The number of amides is 2. The molecule has 0 bridgehead atoms. The van der Waals surface area contributed by atoms with Crippen LogP contribution in [0.15, 0.2) is 48.8 Å². The molecule has 0 radical (unpaired) electrons. The molecule has 2 heterocycles. The van der Waals surface area contributed by atoms with Crippen LogP contribution in [0, 0.1) is 0 Å². The average Bonchev–Trinajstić information content (AvgIpc) is 3.21. The van der Waals surface area contributed by atoms with E-state index in [-0.39, 0.29) is 11.8 Å². The van der Waals surface area contributed by atoms with Gasteiger partial charge in [-0.25, -0.2) is 4.98 Å². The number of fused-ring (bicyclic) bond motifs is 1. The summed E-state index contributed by atoms with van der Waals surface area (Å²) in [4.78, 5) is 29.2. The van der Waals surface area contributed by atoms with Crippen molar-refractivity contribution in [3.8, 4) is 11.5 Å². The van der Waals surface area contributed by atoms with Crippen LogP contribution in [-0.4, -0.2) is 35.6 Å². The molecule has 160 valence electrons. The largest absolute Gasteiger partial charge is 0.497 e. The molecule has 0 aliphatic carbocycles. The summed E-state index contributed by atoms with van der Waals surface area (Å²) in [6, 6.07) is 10.3. The quantitative estimate of drug-likeness (QED) is 0.640. The molecule has 0 spiro atoms. The highest BCUT2D eigenvalue weighted by atomic mass is 16.5. The van der Waals surface area contributed by atoms with Crippen LogP contribution in [0.2, 0.25) is 0 Å². The van der Waals surface area contributed by atoms with Gasteiger partial charge >= 0.3 is 0 Å². The van der Waals surface area contributed by atoms with Crippen LogP contribution in [0.3, 0.4) is 0 Å². The molecule has 2 amide bonds. The molecular weight excluding hydrogens is 396 g/mol. The fraction of sp³-hybridized carbons (Fsp3) is 0.261. The Morgan fingerprint density at radius 2 is 1.87 bits per heavy atom. The fourth-order valence-corrected chi connectivity index (χ4v) is 3.69. The van der Waals surface area contributed by atoms with E-state index < -0.39 is 6.04 Å². The molecule has 0 fully saturated rings. The molecule has 8 nitrogen and oxygen atoms in total.